The van der Waals surface area contributed by atoms with Crippen molar-refractivity contribution in [3.63, 3.8) is 0 Å². The topological polar surface area (TPSA) is 41.6 Å². The summed E-state index contributed by atoms with van der Waals surface area (Å²) in [5.41, 5.74) is 0. The summed E-state index contributed by atoms with van der Waals surface area (Å²) in [6.07, 6.45) is 4.17. The van der Waals surface area contributed by atoms with Gasteiger partial charge in [-0.15, -0.1) is 0 Å². The molecule has 0 aromatic heterocycles. The Morgan fingerprint density at radius 1 is 1.44 bits per heavy atom. The van der Waals surface area contributed by atoms with Gasteiger partial charge in [0.1, 0.15) is 0 Å². The van der Waals surface area contributed by atoms with E-state index in [1.165, 1.54) is 6.42 Å². The van der Waals surface area contributed by atoms with Crippen molar-refractivity contribution in [1.29, 1.82) is 0 Å². The summed E-state index contributed by atoms with van der Waals surface area (Å²) >= 11 is 0. The quantitative estimate of drug-likeness (QED) is 0.750. The van der Waals surface area contributed by atoms with Crippen molar-refractivity contribution < 1.29 is 9.53 Å². The van der Waals surface area contributed by atoms with Crippen molar-refractivity contribution in [2.45, 2.75) is 32.6 Å². The number of methoxy groups -OCH3 is 1. The highest BCUT2D eigenvalue weighted by atomic mass is 16.5. The zero-order valence-electron chi connectivity index (χ0n) is 12.1. The van der Waals surface area contributed by atoms with Gasteiger partial charge < -0.3 is 15.0 Å². The lowest BCUT2D eigenvalue weighted by Gasteiger charge is -2.32. The van der Waals surface area contributed by atoms with Gasteiger partial charge in [0, 0.05) is 33.2 Å². The van der Waals surface area contributed by atoms with Crippen molar-refractivity contribution in [1.82, 2.24) is 10.2 Å². The maximum atomic E-state index is 12.1. The van der Waals surface area contributed by atoms with Crippen LogP contribution in [0, 0.1) is 11.8 Å². The third kappa shape index (κ3) is 5.36. The monoisotopic (exact) mass is 256 g/mol. The molecular formula is C14H28N2O2. The third-order valence-electron chi connectivity index (χ3n) is 3.74. The Bertz CT molecular complexity index is 238. The van der Waals surface area contributed by atoms with Gasteiger partial charge in [0.25, 0.3) is 0 Å². The van der Waals surface area contributed by atoms with Gasteiger partial charge in [-0.1, -0.05) is 6.92 Å². The number of rotatable bonds is 7. The van der Waals surface area contributed by atoms with E-state index in [2.05, 4.69) is 12.2 Å². The molecule has 0 spiro atoms. The fourth-order valence-electron chi connectivity index (χ4n) is 2.59. The summed E-state index contributed by atoms with van der Waals surface area (Å²) in [4.78, 5) is 14.1. The maximum absolute atomic E-state index is 12.1. The Kier molecular flexibility index (Phi) is 7.28. The normalized spacial score (nSPS) is 18.9. The molecule has 1 heterocycles. The molecule has 1 N–H and O–H groups in total. The lowest BCUT2D eigenvalue weighted by Crippen LogP contribution is -2.39. The zero-order chi connectivity index (χ0) is 13.4. The minimum absolute atomic E-state index is 0.298. The van der Waals surface area contributed by atoms with Crippen molar-refractivity contribution in [2.75, 3.05) is 40.4 Å². The standard InChI is InChI=1S/C14H28N2O2/c1-12(11-18-3)10-14(17)16-8-5-13(6-9-16)4-7-15-2/h12-13,15H,4-11H2,1-3H3. The van der Waals surface area contributed by atoms with Crippen LogP contribution in [-0.2, 0) is 9.53 Å². The summed E-state index contributed by atoms with van der Waals surface area (Å²) in [7, 11) is 3.68. The number of carbonyl (C=O) groups excluding carboxylic acids is 1. The average Bonchev–Trinajstić information content (AvgIpc) is 2.37. The summed E-state index contributed by atoms with van der Waals surface area (Å²) in [5.74, 6) is 1.41. The molecule has 1 aliphatic heterocycles. The van der Waals surface area contributed by atoms with E-state index in [1.807, 2.05) is 11.9 Å². The zero-order valence-corrected chi connectivity index (χ0v) is 12.1. The molecule has 1 aliphatic rings. The summed E-state index contributed by atoms with van der Waals surface area (Å²) < 4.78 is 5.08. The number of nitrogens with zero attached hydrogens (tertiary/aromatic N) is 1. The molecule has 4 nitrogen and oxygen atoms in total. The molecule has 0 radical (unpaired) electrons. The molecule has 0 aliphatic carbocycles. The minimum Gasteiger partial charge on any atom is -0.384 e. The van der Waals surface area contributed by atoms with E-state index in [-0.39, 0.29) is 0 Å². The number of hydrogen-bond donors (Lipinski definition) is 1. The summed E-state index contributed by atoms with van der Waals surface area (Å²) in [6, 6.07) is 0. The van der Waals surface area contributed by atoms with Crippen LogP contribution >= 0.6 is 0 Å². The van der Waals surface area contributed by atoms with Gasteiger partial charge in [0.2, 0.25) is 5.91 Å². The van der Waals surface area contributed by atoms with Crippen LogP contribution in [0.25, 0.3) is 0 Å². The fraction of sp³-hybridized carbons (Fsp3) is 0.929. The van der Waals surface area contributed by atoms with E-state index in [4.69, 9.17) is 4.74 Å². The van der Waals surface area contributed by atoms with Crippen LogP contribution < -0.4 is 5.32 Å². The molecule has 1 rings (SSSR count). The number of carbonyl (C=O) groups is 1. The molecule has 0 aromatic rings. The largest absolute Gasteiger partial charge is 0.384 e. The average molecular weight is 256 g/mol. The van der Waals surface area contributed by atoms with Crippen molar-refractivity contribution in [3.8, 4) is 0 Å². The molecular weight excluding hydrogens is 228 g/mol. The number of hydrogen-bond acceptors (Lipinski definition) is 3. The van der Waals surface area contributed by atoms with Gasteiger partial charge in [-0.05, 0) is 44.7 Å². The van der Waals surface area contributed by atoms with E-state index in [0.717, 1.165) is 38.4 Å². The number of amides is 1. The molecule has 106 valence electrons. The summed E-state index contributed by atoms with van der Waals surface area (Å²) in [5, 5.41) is 3.19. The van der Waals surface area contributed by atoms with E-state index in [0.29, 0.717) is 24.9 Å². The van der Waals surface area contributed by atoms with Gasteiger partial charge in [0.05, 0.1) is 0 Å². The van der Waals surface area contributed by atoms with Crippen LogP contribution in [0.4, 0.5) is 0 Å². The SMILES string of the molecule is CNCCC1CCN(C(=O)CC(C)COC)CC1. The Hall–Kier alpha value is -0.610. The van der Waals surface area contributed by atoms with E-state index >= 15 is 0 Å². The Morgan fingerprint density at radius 2 is 2.11 bits per heavy atom. The Labute approximate surface area is 111 Å². The number of likely N-dealkylation sites (tertiary alicyclic amines) is 1. The second-order valence-electron chi connectivity index (χ2n) is 5.48. The first-order valence-electron chi connectivity index (χ1n) is 7.08. The first kappa shape index (κ1) is 15.4. The number of piperidine rings is 1. The van der Waals surface area contributed by atoms with Crippen LogP contribution in [0.2, 0.25) is 0 Å². The molecule has 1 amide bonds. The Morgan fingerprint density at radius 3 is 2.67 bits per heavy atom. The van der Waals surface area contributed by atoms with E-state index < -0.39 is 0 Å². The Balaban J connectivity index is 2.23. The van der Waals surface area contributed by atoms with Gasteiger partial charge in [-0.3, -0.25) is 4.79 Å². The molecule has 1 atom stereocenters. The van der Waals surface area contributed by atoms with Crippen molar-refractivity contribution in [3.05, 3.63) is 0 Å². The van der Waals surface area contributed by atoms with Crippen molar-refractivity contribution in [2.24, 2.45) is 11.8 Å². The van der Waals surface area contributed by atoms with Gasteiger partial charge in [-0.25, -0.2) is 0 Å². The highest BCUT2D eigenvalue weighted by molar-refractivity contribution is 5.76. The highest BCUT2D eigenvalue weighted by Crippen LogP contribution is 2.21. The van der Waals surface area contributed by atoms with Crippen LogP contribution in [0.3, 0.4) is 0 Å². The second kappa shape index (κ2) is 8.48. The number of nitrogens with one attached hydrogen (secondary N) is 1. The second-order valence-corrected chi connectivity index (χ2v) is 5.48. The molecule has 0 saturated carbocycles. The predicted molar refractivity (Wildman–Crippen MR) is 73.5 cm³/mol. The van der Waals surface area contributed by atoms with E-state index in [9.17, 15) is 4.79 Å². The van der Waals surface area contributed by atoms with Crippen LogP contribution in [0.15, 0.2) is 0 Å². The van der Waals surface area contributed by atoms with Crippen LogP contribution in [0.5, 0.6) is 0 Å². The molecule has 1 unspecified atom stereocenters. The van der Waals surface area contributed by atoms with Crippen LogP contribution in [-0.4, -0.2) is 51.2 Å². The highest BCUT2D eigenvalue weighted by Gasteiger charge is 2.23. The maximum Gasteiger partial charge on any atom is 0.222 e. The molecule has 0 bridgehead atoms. The van der Waals surface area contributed by atoms with Gasteiger partial charge in [-0.2, -0.15) is 0 Å². The van der Waals surface area contributed by atoms with Crippen LogP contribution in [0.1, 0.15) is 32.6 Å². The van der Waals surface area contributed by atoms with E-state index in [1.54, 1.807) is 7.11 Å². The lowest BCUT2D eigenvalue weighted by molar-refractivity contribution is -0.133. The first-order chi connectivity index (χ1) is 8.67. The van der Waals surface area contributed by atoms with Crippen molar-refractivity contribution >= 4 is 5.91 Å². The fourth-order valence-corrected chi connectivity index (χ4v) is 2.59. The number of ether oxygens (including phenoxy) is 1. The minimum atomic E-state index is 0.298. The molecule has 4 heteroatoms. The smallest absolute Gasteiger partial charge is 0.222 e. The molecule has 1 saturated heterocycles. The molecule has 0 aromatic carbocycles. The summed E-state index contributed by atoms with van der Waals surface area (Å²) in [6.45, 7) is 5.70. The van der Waals surface area contributed by atoms with Gasteiger partial charge >= 0.3 is 0 Å². The van der Waals surface area contributed by atoms with Gasteiger partial charge in [0.15, 0.2) is 0 Å². The third-order valence-corrected chi connectivity index (χ3v) is 3.74. The lowest BCUT2D eigenvalue weighted by atomic mass is 9.93. The molecule has 18 heavy (non-hydrogen) atoms. The molecule has 1 fully saturated rings. The predicted octanol–water partition coefficient (Wildman–Crippen LogP) is 1.51. The first-order valence-corrected chi connectivity index (χ1v) is 7.08.